The number of rotatable bonds is 8. The number of aliphatic hydroxyl groups is 1. The maximum absolute atomic E-state index is 13.2. The van der Waals surface area contributed by atoms with E-state index in [1.54, 1.807) is 17.4 Å². The minimum Gasteiger partial charge on any atom is -0.393 e. The summed E-state index contributed by atoms with van der Waals surface area (Å²) in [5.74, 6) is 0.830. The van der Waals surface area contributed by atoms with E-state index < -0.39 is 10.0 Å². The Labute approximate surface area is 202 Å². The van der Waals surface area contributed by atoms with Gasteiger partial charge in [-0.1, -0.05) is 55.6 Å². The molecule has 33 heavy (non-hydrogen) atoms. The average Bonchev–Trinajstić information content (AvgIpc) is 3.16. The van der Waals surface area contributed by atoms with E-state index in [0.29, 0.717) is 30.6 Å². The Kier molecular flexibility index (Phi) is 8.10. The molecule has 0 aliphatic heterocycles. The van der Waals surface area contributed by atoms with Crippen LogP contribution in [0.5, 0.6) is 0 Å². The first-order valence-electron chi connectivity index (χ1n) is 12.3. The van der Waals surface area contributed by atoms with Crippen LogP contribution < -0.4 is 10.0 Å². The minimum atomic E-state index is -3.63. The van der Waals surface area contributed by atoms with Crippen molar-refractivity contribution in [3.8, 4) is 10.4 Å². The predicted molar refractivity (Wildman–Crippen MR) is 135 cm³/mol. The van der Waals surface area contributed by atoms with Gasteiger partial charge in [-0.15, -0.1) is 0 Å². The van der Waals surface area contributed by atoms with Gasteiger partial charge in [-0.2, -0.15) is 0 Å². The van der Waals surface area contributed by atoms with Crippen molar-refractivity contribution in [2.75, 3.05) is 11.9 Å². The van der Waals surface area contributed by atoms with E-state index in [-0.39, 0.29) is 12.1 Å². The molecule has 3 N–H and O–H groups in total. The Morgan fingerprint density at radius 1 is 1.06 bits per heavy atom. The highest BCUT2D eigenvalue weighted by atomic mass is 32.2. The normalized spacial score (nSPS) is 22.4. The summed E-state index contributed by atoms with van der Waals surface area (Å²) < 4.78 is 29.2. The molecule has 2 aliphatic carbocycles. The number of benzene rings is 1. The lowest BCUT2D eigenvalue weighted by Gasteiger charge is -2.26. The standard InChI is InChI=1S/C25H37N3O3S2/c1-17-8-9-20(16-23(17)33(30,31)28-21-10-12-22(29)13-11-21)24-18(2)27-25(32-24)26-15-14-19-6-4-3-5-7-19/h8-9,16,19,21-22,28-29H,3-7,10-15H2,1-2H3,(H,26,27). The molecule has 0 saturated heterocycles. The summed E-state index contributed by atoms with van der Waals surface area (Å²) in [5, 5.41) is 14.1. The summed E-state index contributed by atoms with van der Waals surface area (Å²) in [5.41, 5.74) is 2.53. The third kappa shape index (κ3) is 6.35. The Morgan fingerprint density at radius 2 is 1.79 bits per heavy atom. The molecule has 0 bridgehead atoms. The Balaban J connectivity index is 1.45. The zero-order valence-electron chi connectivity index (χ0n) is 19.8. The second-order valence-corrected chi connectivity index (χ2v) is 12.4. The van der Waals surface area contributed by atoms with Crippen molar-refractivity contribution in [1.29, 1.82) is 0 Å². The number of nitrogens with zero attached hydrogens (tertiary/aromatic N) is 1. The molecule has 0 atom stereocenters. The molecule has 1 aromatic carbocycles. The lowest BCUT2D eigenvalue weighted by Crippen LogP contribution is -2.38. The van der Waals surface area contributed by atoms with Crippen LogP contribution in [0.2, 0.25) is 0 Å². The number of sulfonamides is 1. The third-order valence-electron chi connectivity index (χ3n) is 7.11. The fraction of sp³-hybridized carbons (Fsp3) is 0.640. The minimum absolute atomic E-state index is 0.119. The van der Waals surface area contributed by atoms with E-state index >= 15 is 0 Å². The number of aromatic nitrogens is 1. The maximum atomic E-state index is 13.2. The summed E-state index contributed by atoms with van der Waals surface area (Å²) in [6, 6.07) is 5.52. The lowest BCUT2D eigenvalue weighted by molar-refractivity contribution is 0.120. The van der Waals surface area contributed by atoms with Gasteiger partial charge >= 0.3 is 0 Å². The van der Waals surface area contributed by atoms with Crippen LogP contribution in [0.4, 0.5) is 5.13 Å². The van der Waals surface area contributed by atoms with Gasteiger partial charge in [0, 0.05) is 12.6 Å². The molecular formula is C25H37N3O3S2. The van der Waals surface area contributed by atoms with E-state index in [4.69, 9.17) is 4.98 Å². The van der Waals surface area contributed by atoms with Gasteiger partial charge < -0.3 is 10.4 Å². The molecule has 0 radical (unpaired) electrons. The van der Waals surface area contributed by atoms with Gasteiger partial charge in [0.2, 0.25) is 10.0 Å². The Bertz CT molecular complexity index is 1040. The van der Waals surface area contributed by atoms with Gasteiger partial charge in [0.05, 0.1) is 21.6 Å². The second kappa shape index (κ2) is 10.8. The van der Waals surface area contributed by atoms with Gasteiger partial charge in [-0.05, 0) is 69.1 Å². The second-order valence-electron chi connectivity index (χ2n) is 9.76. The molecule has 2 aliphatic rings. The molecule has 2 fully saturated rings. The molecule has 4 rings (SSSR count). The van der Waals surface area contributed by atoms with Gasteiger partial charge in [0.1, 0.15) is 0 Å². The molecule has 0 unspecified atom stereocenters. The van der Waals surface area contributed by atoms with Crippen LogP contribution in [0.3, 0.4) is 0 Å². The highest BCUT2D eigenvalue weighted by Gasteiger charge is 2.26. The fourth-order valence-corrected chi connectivity index (χ4v) is 7.67. The summed E-state index contributed by atoms with van der Waals surface area (Å²) >= 11 is 1.60. The van der Waals surface area contributed by atoms with Crippen LogP contribution >= 0.6 is 11.3 Å². The first-order chi connectivity index (χ1) is 15.8. The molecular weight excluding hydrogens is 454 g/mol. The number of hydrogen-bond donors (Lipinski definition) is 3. The van der Waals surface area contributed by atoms with Crippen LogP contribution in [-0.4, -0.2) is 37.2 Å². The van der Waals surface area contributed by atoms with Crippen LogP contribution in [0, 0.1) is 19.8 Å². The Morgan fingerprint density at radius 3 is 2.52 bits per heavy atom. The molecule has 2 aromatic rings. The molecule has 6 nitrogen and oxygen atoms in total. The van der Waals surface area contributed by atoms with Crippen molar-refractivity contribution in [3.63, 3.8) is 0 Å². The summed E-state index contributed by atoms with van der Waals surface area (Å²) in [4.78, 5) is 6.03. The van der Waals surface area contributed by atoms with Gasteiger partial charge in [-0.3, -0.25) is 0 Å². The van der Waals surface area contributed by atoms with E-state index in [1.165, 1.54) is 38.5 Å². The van der Waals surface area contributed by atoms with Gasteiger partial charge in [0.25, 0.3) is 0 Å². The summed E-state index contributed by atoms with van der Waals surface area (Å²) in [6.45, 7) is 4.75. The molecule has 182 valence electrons. The van der Waals surface area contributed by atoms with Crippen molar-refractivity contribution < 1.29 is 13.5 Å². The lowest BCUT2D eigenvalue weighted by atomic mass is 9.87. The van der Waals surface area contributed by atoms with E-state index in [9.17, 15) is 13.5 Å². The van der Waals surface area contributed by atoms with E-state index in [1.807, 2.05) is 26.0 Å². The fourth-order valence-electron chi connectivity index (χ4n) is 5.11. The maximum Gasteiger partial charge on any atom is 0.241 e. The number of aliphatic hydroxyl groups excluding tert-OH is 1. The quantitative estimate of drug-likeness (QED) is 0.460. The highest BCUT2D eigenvalue weighted by molar-refractivity contribution is 7.89. The molecule has 8 heteroatoms. The summed E-state index contributed by atoms with van der Waals surface area (Å²) in [6.07, 6.45) is 10.3. The number of anilines is 1. The number of hydrogen-bond acceptors (Lipinski definition) is 6. The van der Waals surface area contributed by atoms with Crippen LogP contribution in [0.15, 0.2) is 23.1 Å². The van der Waals surface area contributed by atoms with Crippen molar-refractivity contribution >= 4 is 26.5 Å². The highest BCUT2D eigenvalue weighted by Crippen LogP contribution is 2.35. The van der Waals surface area contributed by atoms with Crippen molar-refractivity contribution in [2.45, 2.75) is 95.1 Å². The number of thiazole rings is 1. The third-order valence-corrected chi connectivity index (χ3v) is 9.94. The van der Waals surface area contributed by atoms with E-state index in [2.05, 4.69) is 10.0 Å². The topological polar surface area (TPSA) is 91.3 Å². The number of aryl methyl sites for hydroxylation is 2. The zero-order chi connectivity index (χ0) is 23.4. The largest absolute Gasteiger partial charge is 0.393 e. The van der Waals surface area contributed by atoms with Gasteiger partial charge in [0.15, 0.2) is 5.13 Å². The SMILES string of the molecule is Cc1ccc(-c2sc(NCCC3CCCCC3)nc2C)cc1S(=O)(=O)NC1CCC(O)CC1. The molecule has 0 amide bonds. The molecule has 1 heterocycles. The van der Waals surface area contributed by atoms with Crippen LogP contribution in [0.25, 0.3) is 10.4 Å². The molecule has 0 spiro atoms. The van der Waals surface area contributed by atoms with Crippen LogP contribution in [-0.2, 0) is 10.0 Å². The van der Waals surface area contributed by atoms with Crippen molar-refractivity contribution in [2.24, 2.45) is 5.92 Å². The van der Waals surface area contributed by atoms with E-state index in [0.717, 1.165) is 39.3 Å². The first kappa shape index (κ1) is 24.6. The van der Waals surface area contributed by atoms with Crippen molar-refractivity contribution in [3.05, 3.63) is 29.5 Å². The molecule has 1 aromatic heterocycles. The first-order valence-corrected chi connectivity index (χ1v) is 14.6. The predicted octanol–water partition coefficient (Wildman–Crippen LogP) is 5.39. The monoisotopic (exact) mass is 491 g/mol. The number of nitrogens with one attached hydrogen (secondary N) is 2. The smallest absolute Gasteiger partial charge is 0.241 e. The van der Waals surface area contributed by atoms with Gasteiger partial charge in [-0.25, -0.2) is 18.1 Å². The van der Waals surface area contributed by atoms with Crippen LogP contribution in [0.1, 0.15) is 75.5 Å². The summed E-state index contributed by atoms with van der Waals surface area (Å²) in [7, 11) is -3.63. The Hall–Kier alpha value is -1.48. The van der Waals surface area contributed by atoms with Crippen molar-refractivity contribution in [1.82, 2.24) is 9.71 Å². The average molecular weight is 492 g/mol. The zero-order valence-corrected chi connectivity index (χ0v) is 21.4. The molecule has 2 saturated carbocycles.